The third-order valence-electron chi connectivity index (χ3n) is 4.28. The van der Waals surface area contributed by atoms with Crippen molar-refractivity contribution in [3.8, 4) is 0 Å². The first kappa shape index (κ1) is 22.9. The van der Waals surface area contributed by atoms with E-state index in [0.29, 0.717) is 29.9 Å². The molecule has 0 aliphatic carbocycles. The zero-order valence-corrected chi connectivity index (χ0v) is 18.6. The van der Waals surface area contributed by atoms with Crippen molar-refractivity contribution in [2.24, 2.45) is 0 Å². The maximum Gasteiger partial charge on any atom is 0.255 e. The molecule has 8 heteroatoms. The van der Waals surface area contributed by atoms with Gasteiger partial charge in [0, 0.05) is 41.8 Å². The van der Waals surface area contributed by atoms with Crippen molar-refractivity contribution in [2.75, 3.05) is 25.0 Å². The molecule has 0 fully saturated rings. The molecule has 0 radical (unpaired) electrons. The highest BCUT2D eigenvalue weighted by Gasteiger charge is 2.16. The smallest absolute Gasteiger partial charge is 0.255 e. The van der Waals surface area contributed by atoms with E-state index in [1.165, 1.54) is 0 Å². The van der Waals surface area contributed by atoms with Crippen LogP contribution in [0.25, 0.3) is 0 Å². The van der Waals surface area contributed by atoms with Crippen LogP contribution < -0.4 is 10.6 Å². The van der Waals surface area contributed by atoms with Gasteiger partial charge in [-0.2, -0.15) is 0 Å². The highest BCUT2D eigenvalue weighted by Crippen LogP contribution is 2.22. The van der Waals surface area contributed by atoms with E-state index < -0.39 is 0 Å². The lowest BCUT2D eigenvalue weighted by Crippen LogP contribution is -2.30. The Morgan fingerprint density at radius 1 is 1.03 bits per heavy atom. The SMILES string of the molecule is CCN(CC)C(=O)c1ccc(NC(=O)CCNC(=O)c2ccc(Br)cc2)cc1Cl. The minimum absolute atomic E-state index is 0.111. The molecule has 0 heterocycles. The van der Waals surface area contributed by atoms with E-state index in [2.05, 4.69) is 26.6 Å². The number of amides is 3. The summed E-state index contributed by atoms with van der Waals surface area (Å²) in [6, 6.07) is 11.7. The number of nitrogens with zero attached hydrogens (tertiary/aromatic N) is 1. The summed E-state index contributed by atoms with van der Waals surface area (Å²) in [5, 5.41) is 5.71. The number of benzene rings is 2. The van der Waals surface area contributed by atoms with E-state index in [-0.39, 0.29) is 35.7 Å². The van der Waals surface area contributed by atoms with Crippen molar-refractivity contribution in [1.82, 2.24) is 10.2 Å². The average Bonchev–Trinajstić information content (AvgIpc) is 2.69. The number of halogens is 2. The Kier molecular flexibility index (Phi) is 8.67. The van der Waals surface area contributed by atoms with Gasteiger partial charge in [0.2, 0.25) is 5.91 Å². The largest absolute Gasteiger partial charge is 0.352 e. The third-order valence-corrected chi connectivity index (χ3v) is 5.12. The maximum absolute atomic E-state index is 12.4. The summed E-state index contributed by atoms with van der Waals surface area (Å²) in [5.74, 6) is -0.652. The zero-order valence-electron chi connectivity index (χ0n) is 16.3. The maximum atomic E-state index is 12.4. The number of nitrogens with one attached hydrogen (secondary N) is 2. The van der Waals surface area contributed by atoms with Crippen LogP contribution in [0.1, 0.15) is 41.0 Å². The van der Waals surface area contributed by atoms with Crippen LogP contribution >= 0.6 is 27.5 Å². The van der Waals surface area contributed by atoms with Crippen LogP contribution in [-0.4, -0.2) is 42.3 Å². The topological polar surface area (TPSA) is 78.5 Å². The van der Waals surface area contributed by atoms with Gasteiger partial charge in [0.15, 0.2) is 0 Å². The Morgan fingerprint density at radius 3 is 2.28 bits per heavy atom. The fourth-order valence-electron chi connectivity index (χ4n) is 2.66. The van der Waals surface area contributed by atoms with Crippen LogP contribution in [0, 0.1) is 0 Å². The summed E-state index contributed by atoms with van der Waals surface area (Å²) < 4.78 is 0.886. The standard InChI is InChI=1S/C21H23BrClN3O3/c1-3-26(4-2)21(29)17-10-9-16(13-18(17)23)25-19(27)11-12-24-20(28)14-5-7-15(22)8-6-14/h5-10,13H,3-4,11-12H2,1-2H3,(H,24,28)(H,25,27). The first-order valence-electron chi connectivity index (χ1n) is 9.28. The van der Waals surface area contributed by atoms with Crippen LogP contribution in [0.2, 0.25) is 5.02 Å². The Morgan fingerprint density at radius 2 is 1.69 bits per heavy atom. The lowest BCUT2D eigenvalue weighted by molar-refractivity contribution is -0.116. The number of hydrogen-bond donors (Lipinski definition) is 2. The molecule has 0 bridgehead atoms. The van der Waals surface area contributed by atoms with Gasteiger partial charge in [-0.15, -0.1) is 0 Å². The molecular formula is C21H23BrClN3O3. The van der Waals surface area contributed by atoms with Crippen LogP contribution in [0.5, 0.6) is 0 Å². The van der Waals surface area contributed by atoms with E-state index in [9.17, 15) is 14.4 Å². The van der Waals surface area contributed by atoms with Crippen LogP contribution in [-0.2, 0) is 4.79 Å². The zero-order chi connectivity index (χ0) is 21.4. The van der Waals surface area contributed by atoms with Gasteiger partial charge in [0.25, 0.3) is 11.8 Å². The second kappa shape index (κ2) is 11.0. The summed E-state index contributed by atoms with van der Waals surface area (Å²) in [7, 11) is 0. The van der Waals surface area contributed by atoms with Crippen molar-refractivity contribution in [2.45, 2.75) is 20.3 Å². The molecule has 2 N–H and O–H groups in total. The Bertz CT molecular complexity index is 883. The highest BCUT2D eigenvalue weighted by atomic mass is 79.9. The van der Waals surface area contributed by atoms with E-state index in [0.717, 1.165) is 4.47 Å². The summed E-state index contributed by atoms with van der Waals surface area (Å²) in [4.78, 5) is 38.2. The predicted molar refractivity (Wildman–Crippen MR) is 118 cm³/mol. The molecule has 2 aromatic rings. The lowest BCUT2D eigenvalue weighted by atomic mass is 10.1. The molecule has 0 aliphatic heterocycles. The van der Waals surface area contributed by atoms with Gasteiger partial charge in [0.1, 0.15) is 0 Å². The molecule has 0 unspecified atom stereocenters. The molecule has 0 atom stereocenters. The Hall–Kier alpha value is -2.38. The second-order valence-corrected chi connectivity index (χ2v) is 7.56. The van der Waals surface area contributed by atoms with Crippen molar-refractivity contribution in [1.29, 1.82) is 0 Å². The van der Waals surface area contributed by atoms with Gasteiger partial charge >= 0.3 is 0 Å². The molecule has 0 aliphatic rings. The Labute approximate surface area is 183 Å². The molecule has 0 aromatic heterocycles. The van der Waals surface area contributed by atoms with Crippen molar-refractivity contribution < 1.29 is 14.4 Å². The number of rotatable bonds is 8. The summed E-state index contributed by atoms with van der Waals surface area (Å²) >= 11 is 9.55. The minimum atomic E-state index is -0.264. The molecule has 3 amide bonds. The van der Waals surface area contributed by atoms with Crippen LogP contribution in [0.15, 0.2) is 46.9 Å². The van der Waals surface area contributed by atoms with E-state index in [1.807, 2.05) is 13.8 Å². The van der Waals surface area contributed by atoms with Gasteiger partial charge < -0.3 is 15.5 Å². The van der Waals surface area contributed by atoms with Crippen molar-refractivity contribution in [3.63, 3.8) is 0 Å². The van der Waals surface area contributed by atoms with E-state index in [4.69, 9.17) is 11.6 Å². The van der Waals surface area contributed by atoms with Gasteiger partial charge in [-0.05, 0) is 56.3 Å². The molecule has 0 saturated heterocycles. The summed E-state index contributed by atoms with van der Waals surface area (Å²) in [6.07, 6.45) is 0.111. The first-order chi connectivity index (χ1) is 13.8. The predicted octanol–water partition coefficient (Wildman–Crippen LogP) is 4.34. The third kappa shape index (κ3) is 6.58. The molecule has 29 heavy (non-hydrogen) atoms. The average molecular weight is 481 g/mol. The molecule has 2 rings (SSSR count). The number of carbonyl (C=O) groups excluding carboxylic acids is 3. The normalized spacial score (nSPS) is 10.3. The fraction of sp³-hybridized carbons (Fsp3) is 0.286. The molecule has 0 saturated carbocycles. The monoisotopic (exact) mass is 479 g/mol. The van der Waals surface area contributed by atoms with Gasteiger partial charge in [-0.3, -0.25) is 14.4 Å². The minimum Gasteiger partial charge on any atom is -0.352 e. The van der Waals surface area contributed by atoms with Crippen LogP contribution in [0.3, 0.4) is 0 Å². The van der Waals surface area contributed by atoms with Crippen molar-refractivity contribution >= 4 is 50.9 Å². The second-order valence-electron chi connectivity index (χ2n) is 6.23. The fourth-order valence-corrected chi connectivity index (χ4v) is 3.19. The molecular weight excluding hydrogens is 458 g/mol. The van der Waals surface area contributed by atoms with Crippen molar-refractivity contribution in [3.05, 3.63) is 63.1 Å². The van der Waals surface area contributed by atoms with Gasteiger partial charge in [-0.1, -0.05) is 27.5 Å². The highest BCUT2D eigenvalue weighted by molar-refractivity contribution is 9.10. The van der Waals surface area contributed by atoms with Gasteiger partial charge in [-0.25, -0.2) is 0 Å². The lowest BCUT2D eigenvalue weighted by Gasteiger charge is -2.19. The Balaban J connectivity index is 1.87. The summed E-state index contributed by atoms with van der Waals surface area (Å²) in [5.41, 5.74) is 1.42. The van der Waals surface area contributed by atoms with E-state index >= 15 is 0 Å². The summed E-state index contributed by atoms with van der Waals surface area (Å²) in [6.45, 7) is 5.19. The molecule has 154 valence electrons. The van der Waals surface area contributed by atoms with Crippen LogP contribution in [0.4, 0.5) is 5.69 Å². The van der Waals surface area contributed by atoms with Gasteiger partial charge in [0.05, 0.1) is 10.6 Å². The molecule has 0 spiro atoms. The quantitative estimate of drug-likeness (QED) is 0.590. The number of carbonyl (C=O) groups is 3. The van der Waals surface area contributed by atoms with E-state index in [1.54, 1.807) is 47.4 Å². The first-order valence-corrected chi connectivity index (χ1v) is 10.4. The molecule has 2 aromatic carbocycles. The number of anilines is 1. The number of hydrogen-bond acceptors (Lipinski definition) is 3. The molecule has 6 nitrogen and oxygen atoms in total.